The van der Waals surface area contributed by atoms with E-state index < -0.39 is 18.6 Å². The first-order valence-electron chi connectivity index (χ1n) is 6.57. The van der Waals surface area contributed by atoms with Crippen LogP contribution in [0.4, 0.5) is 8.78 Å². The summed E-state index contributed by atoms with van der Waals surface area (Å²) in [6.45, 7) is -1.30. The average molecular weight is 306 g/mol. The van der Waals surface area contributed by atoms with Crippen LogP contribution in [-0.4, -0.2) is 15.5 Å². The number of halogens is 2. The largest absolute Gasteiger partial charge is 0.457 e. The van der Waals surface area contributed by atoms with Crippen LogP contribution in [-0.2, 0) is 4.74 Å². The van der Waals surface area contributed by atoms with Crippen molar-refractivity contribution in [2.24, 2.45) is 0 Å². The van der Waals surface area contributed by atoms with Gasteiger partial charge in [-0.2, -0.15) is 8.78 Å². The van der Waals surface area contributed by atoms with E-state index >= 15 is 0 Å². The molecule has 0 spiro atoms. The van der Waals surface area contributed by atoms with Gasteiger partial charge in [0.05, 0.1) is 17.3 Å². The van der Waals surface area contributed by atoms with E-state index in [1.54, 1.807) is 24.3 Å². The minimum absolute atomic E-state index is 0.00607. The molecule has 0 bridgehead atoms. The lowest BCUT2D eigenvalue weighted by atomic mass is 10.3. The quantitative estimate of drug-likeness (QED) is 0.685. The van der Waals surface area contributed by atoms with E-state index in [-0.39, 0.29) is 17.1 Å². The van der Waals surface area contributed by atoms with Gasteiger partial charge in [0.1, 0.15) is 0 Å². The normalized spacial score (nSPS) is 12.7. The van der Waals surface area contributed by atoms with Crippen LogP contribution in [0.25, 0.3) is 11.0 Å². The van der Waals surface area contributed by atoms with Crippen LogP contribution in [0.15, 0.2) is 47.1 Å². The number of imidazole rings is 1. The number of esters is 1. The second kappa shape index (κ2) is 5.59. The Bertz CT molecular complexity index is 796. The highest BCUT2D eigenvalue weighted by molar-refractivity contribution is 5.86. The molecule has 0 amide bonds. The van der Waals surface area contributed by atoms with Gasteiger partial charge in [-0.1, -0.05) is 12.1 Å². The summed E-state index contributed by atoms with van der Waals surface area (Å²) in [5.74, 6) is -0.743. The van der Waals surface area contributed by atoms with Gasteiger partial charge >= 0.3 is 12.5 Å². The Kier molecular flexibility index (Phi) is 3.62. The second-order valence-electron chi connectivity index (χ2n) is 4.63. The molecule has 2 heterocycles. The molecule has 3 aromatic rings. The maximum atomic E-state index is 13.3. The van der Waals surface area contributed by atoms with Gasteiger partial charge in [0.15, 0.2) is 11.9 Å². The van der Waals surface area contributed by atoms with Crippen LogP contribution >= 0.6 is 0 Å². The van der Waals surface area contributed by atoms with Crippen LogP contribution in [0, 0.1) is 0 Å². The van der Waals surface area contributed by atoms with Gasteiger partial charge in [-0.25, -0.2) is 9.78 Å². The molecule has 0 aliphatic carbocycles. The molecule has 0 saturated carbocycles. The number of carbonyl (C=O) groups is 1. The van der Waals surface area contributed by atoms with Crippen LogP contribution in [0.1, 0.15) is 36.0 Å². The lowest BCUT2D eigenvalue weighted by Gasteiger charge is -2.14. The standard InChI is InChI=1S/C15H12F2N2O3/c1-9(22-14(20)12-7-4-8-21-12)13-18-10-5-2-3-6-11(10)19(13)15(16)17/h2-9,15H,1H3. The molecular weight excluding hydrogens is 294 g/mol. The zero-order valence-electron chi connectivity index (χ0n) is 11.6. The van der Waals surface area contributed by atoms with Crippen molar-refractivity contribution in [1.82, 2.24) is 9.55 Å². The van der Waals surface area contributed by atoms with E-state index in [9.17, 15) is 13.6 Å². The molecule has 5 nitrogen and oxygen atoms in total. The molecule has 114 valence electrons. The highest BCUT2D eigenvalue weighted by atomic mass is 19.3. The second-order valence-corrected chi connectivity index (χ2v) is 4.63. The van der Waals surface area contributed by atoms with Crippen LogP contribution in [0.2, 0.25) is 0 Å². The number of hydrogen-bond donors (Lipinski definition) is 0. The Labute approximate surface area is 124 Å². The van der Waals surface area contributed by atoms with Gasteiger partial charge in [0, 0.05) is 0 Å². The number of nitrogens with zero attached hydrogens (tertiary/aromatic N) is 2. The Morgan fingerprint density at radius 1 is 1.27 bits per heavy atom. The molecular formula is C15H12F2N2O3. The van der Waals surface area contributed by atoms with Gasteiger partial charge in [0.2, 0.25) is 5.76 Å². The summed E-state index contributed by atoms with van der Waals surface area (Å²) in [4.78, 5) is 16.0. The van der Waals surface area contributed by atoms with Gasteiger partial charge in [-0.05, 0) is 31.2 Å². The molecule has 0 fully saturated rings. The molecule has 3 rings (SSSR count). The predicted octanol–water partition coefficient (Wildman–Crippen LogP) is 3.94. The summed E-state index contributed by atoms with van der Waals surface area (Å²) in [5.41, 5.74) is 0.701. The third-order valence-electron chi connectivity index (χ3n) is 3.19. The number of rotatable bonds is 4. The summed E-state index contributed by atoms with van der Waals surface area (Å²) < 4.78 is 37.5. The lowest BCUT2D eigenvalue weighted by Crippen LogP contribution is -2.14. The molecule has 1 unspecified atom stereocenters. The minimum Gasteiger partial charge on any atom is -0.457 e. The number of alkyl halides is 2. The summed E-state index contributed by atoms with van der Waals surface area (Å²) in [5, 5.41) is 0. The van der Waals surface area contributed by atoms with Crippen molar-refractivity contribution in [2.45, 2.75) is 19.6 Å². The Balaban J connectivity index is 1.95. The molecule has 0 aliphatic rings. The maximum Gasteiger partial charge on any atom is 0.374 e. The highest BCUT2D eigenvalue weighted by Gasteiger charge is 2.25. The SMILES string of the molecule is CC(OC(=O)c1ccco1)c1nc2ccccc2n1C(F)F. The smallest absolute Gasteiger partial charge is 0.374 e. The number of benzene rings is 1. The number of carbonyl (C=O) groups excluding carboxylic acids is 1. The summed E-state index contributed by atoms with van der Waals surface area (Å²) in [6.07, 6.45) is 0.384. The van der Waals surface area contributed by atoms with Crippen molar-refractivity contribution >= 4 is 17.0 Å². The zero-order valence-corrected chi connectivity index (χ0v) is 11.6. The number of hydrogen-bond acceptors (Lipinski definition) is 4. The topological polar surface area (TPSA) is 57.3 Å². The number of aromatic nitrogens is 2. The van der Waals surface area contributed by atoms with Gasteiger partial charge < -0.3 is 9.15 Å². The van der Waals surface area contributed by atoms with Crippen molar-refractivity contribution in [1.29, 1.82) is 0 Å². The first-order chi connectivity index (χ1) is 10.6. The Hall–Kier alpha value is -2.70. The highest BCUT2D eigenvalue weighted by Crippen LogP contribution is 2.28. The third-order valence-corrected chi connectivity index (χ3v) is 3.19. The summed E-state index contributed by atoms with van der Waals surface area (Å²) in [7, 11) is 0. The molecule has 0 saturated heterocycles. The molecule has 1 aromatic carbocycles. The van der Waals surface area contributed by atoms with E-state index in [0.717, 1.165) is 4.57 Å². The zero-order chi connectivity index (χ0) is 15.7. The molecule has 22 heavy (non-hydrogen) atoms. The number of ether oxygens (including phenoxy) is 1. The molecule has 2 aromatic heterocycles. The van der Waals surface area contributed by atoms with Crippen molar-refractivity contribution in [2.75, 3.05) is 0 Å². The number of furan rings is 1. The predicted molar refractivity (Wildman–Crippen MR) is 73.5 cm³/mol. The molecule has 1 atom stereocenters. The first-order valence-corrected chi connectivity index (χ1v) is 6.57. The van der Waals surface area contributed by atoms with Crippen molar-refractivity contribution in [3.8, 4) is 0 Å². The first kappa shape index (κ1) is 14.2. The minimum atomic E-state index is -2.79. The van der Waals surface area contributed by atoms with Gasteiger partial charge in [0.25, 0.3) is 0 Å². The Morgan fingerprint density at radius 3 is 2.73 bits per heavy atom. The summed E-state index contributed by atoms with van der Waals surface area (Å²) in [6, 6.07) is 9.49. The summed E-state index contributed by atoms with van der Waals surface area (Å²) >= 11 is 0. The van der Waals surface area contributed by atoms with E-state index in [1.807, 2.05) is 0 Å². The monoisotopic (exact) mass is 306 g/mol. The fraction of sp³-hybridized carbons (Fsp3) is 0.200. The number of fused-ring (bicyclic) bond motifs is 1. The van der Waals surface area contributed by atoms with Crippen LogP contribution < -0.4 is 0 Å². The number of para-hydroxylation sites is 2. The Morgan fingerprint density at radius 2 is 2.05 bits per heavy atom. The third kappa shape index (κ3) is 2.45. The van der Waals surface area contributed by atoms with Crippen molar-refractivity contribution in [3.63, 3.8) is 0 Å². The van der Waals surface area contributed by atoms with Gasteiger partial charge in [-0.3, -0.25) is 4.57 Å². The van der Waals surface area contributed by atoms with Crippen molar-refractivity contribution < 1.29 is 22.7 Å². The fourth-order valence-electron chi connectivity index (χ4n) is 2.22. The van der Waals surface area contributed by atoms with Crippen LogP contribution in [0.3, 0.4) is 0 Å². The van der Waals surface area contributed by atoms with Crippen molar-refractivity contribution in [3.05, 3.63) is 54.2 Å². The van der Waals surface area contributed by atoms with Gasteiger partial charge in [-0.15, -0.1) is 0 Å². The fourth-order valence-corrected chi connectivity index (χ4v) is 2.22. The van der Waals surface area contributed by atoms with E-state index in [0.29, 0.717) is 5.52 Å². The molecule has 0 N–H and O–H groups in total. The molecule has 0 aliphatic heterocycles. The van der Waals surface area contributed by atoms with E-state index in [4.69, 9.17) is 9.15 Å². The van der Waals surface area contributed by atoms with E-state index in [2.05, 4.69) is 4.98 Å². The molecule has 7 heteroatoms. The molecule has 0 radical (unpaired) electrons. The average Bonchev–Trinajstić information content (AvgIpc) is 3.14. The maximum absolute atomic E-state index is 13.3. The lowest BCUT2D eigenvalue weighted by molar-refractivity contribution is 0.0203. The van der Waals surface area contributed by atoms with Crippen LogP contribution in [0.5, 0.6) is 0 Å². The van der Waals surface area contributed by atoms with E-state index in [1.165, 1.54) is 25.3 Å².